The third-order valence-electron chi connectivity index (χ3n) is 5.49. The van der Waals surface area contributed by atoms with Crippen molar-refractivity contribution in [3.05, 3.63) is 34.9 Å². The second-order valence-corrected chi connectivity index (χ2v) is 7.87. The molecule has 3 rings (SSSR count). The summed E-state index contributed by atoms with van der Waals surface area (Å²) in [5.74, 6) is -2.97. The minimum Gasteiger partial charge on any atom is -0.481 e. The zero-order chi connectivity index (χ0) is 24.5. The monoisotopic (exact) mass is 476 g/mol. The average molecular weight is 476 g/mol. The lowest BCUT2D eigenvalue weighted by Gasteiger charge is -2.27. The fourth-order valence-corrected chi connectivity index (χ4v) is 3.86. The summed E-state index contributed by atoms with van der Waals surface area (Å²) < 4.78 is 16.0. The summed E-state index contributed by atoms with van der Waals surface area (Å²) in [5, 5.41) is 10.7. The van der Waals surface area contributed by atoms with Gasteiger partial charge >= 0.3 is 5.97 Å². The van der Waals surface area contributed by atoms with Crippen LogP contribution in [0.3, 0.4) is 0 Å². The molecule has 0 aromatic heterocycles. The molecule has 11 nitrogen and oxygen atoms in total. The highest BCUT2D eigenvalue weighted by molar-refractivity contribution is 6.24. The van der Waals surface area contributed by atoms with Crippen LogP contribution in [0.2, 0.25) is 0 Å². The minimum atomic E-state index is -0.983. The van der Waals surface area contributed by atoms with Crippen molar-refractivity contribution in [3.8, 4) is 0 Å². The molecule has 0 bridgehead atoms. The van der Waals surface area contributed by atoms with E-state index in [2.05, 4.69) is 5.32 Å². The molecule has 2 heterocycles. The average Bonchev–Trinajstić information content (AvgIpc) is 3.05. The van der Waals surface area contributed by atoms with E-state index in [1.54, 1.807) is 18.2 Å². The van der Waals surface area contributed by atoms with Crippen LogP contribution in [-0.4, -0.2) is 85.3 Å². The standard InChI is InChI=1S/C23H28N2O9/c26-18-7-6-17(21(29)24-18)25-22(30)16-5-1-3-15(20(16)23(25)31)4-2-9-32-11-13-34-14-12-33-10-8-19(27)28/h1,3,5,17H,2,4,6-14H2,(H,27,28)(H,24,26,29). The lowest BCUT2D eigenvalue weighted by molar-refractivity contribution is -0.138. The molecule has 0 radical (unpaired) electrons. The highest BCUT2D eigenvalue weighted by Crippen LogP contribution is 2.30. The summed E-state index contributed by atoms with van der Waals surface area (Å²) in [5.41, 5.74) is 1.29. The second kappa shape index (κ2) is 12.4. The van der Waals surface area contributed by atoms with Gasteiger partial charge < -0.3 is 19.3 Å². The van der Waals surface area contributed by atoms with Gasteiger partial charge in [-0.3, -0.25) is 34.2 Å². The van der Waals surface area contributed by atoms with Crippen molar-refractivity contribution < 1.29 is 43.3 Å². The number of carboxylic acids is 1. The fourth-order valence-electron chi connectivity index (χ4n) is 3.86. The topological polar surface area (TPSA) is 149 Å². The first-order valence-corrected chi connectivity index (χ1v) is 11.2. The maximum absolute atomic E-state index is 13.0. The molecule has 1 fully saturated rings. The van der Waals surface area contributed by atoms with E-state index in [0.717, 1.165) is 4.90 Å². The number of benzene rings is 1. The van der Waals surface area contributed by atoms with Crippen molar-refractivity contribution in [2.75, 3.05) is 39.6 Å². The van der Waals surface area contributed by atoms with E-state index in [9.17, 15) is 24.0 Å². The Kier molecular flexibility index (Phi) is 9.25. The minimum absolute atomic E-state index is 0.0392. The summed E-state index contributed by atoms with van der Waals surface area (Å²) in [4.78, 5) is 60.8. The highest BCUT2D eigenvalue weighted by Gasteiger charge is 2.45. The van der Waals surface area contributed by atoms with Crippen LogP contribution in [0.1, 0.15) is 52.0 Å². The predicted molar refractivity (Wildman–Crippen MR) is 116 cm³/mol. The molecular formula is C23H28N2O9. The van der Waals surface area contributed by atoms with E-state index in [-0.39, 0.29) is 31.4 Å². The molecule has 1 atom stereocenters. The first-order valence-electron chi connectivity index (χ1n) is 11.2. The smallest absolute Gasteiger partial charge is 0.305 e. The number of carbonyl (C=O) groups excluding carboxylic acids is 4. The number of rotatable bonds is 14. The highest BCUT2D eigenvalue weighted by atomic mass is 16.5. The number of piperidine rings is 1. The maximum Gasteiger partial charge on any atom is 0.305 e. The zero-order valence-corrected chi connectivity index (χ0v) is 18.7. The van der Waals surface area contributed by atoms with Crippen LogP contribution in [-0.2, 0) is 35.0 Å². The number of hydrogen-bond acceptors (Lipinski definition) is 8. The Morgan fingerprint density at radius 1 is 0.971 bits per heavy atom. The number of ether oxygens (including phenoxy) is 3. The Morgan fingerprint density at radius 2 is 1.65 bits per heavy atom. The van der Waals surface area contributed by atoms with Gasteiger partial charge in [-0.15, -0.1) is 0 Å². The lowest BCUT2D eigenvalue weighted by Crippen LogP contribution is -2.54. The van der Waals surface area contributed by atoms with Crippen molar-refractivity contribution in [2.24, 2.45) is 0 Å². The molecule has 0 aliphatic carbocycles. The molecule has 1 saturated heterocycles. The lowest BCUT2D eigenvalue weighted by atomic mass is 9.99. The molecule has 1 aromatic rings. The normalized spacial score (nSPS) is 17.8. The SMILES string of the molecule is O=C(O)CCOCCOCCOCCCc1cccc2c1C(=O)N(C1CCC(=O)NC1=O)C2=O. The van der Waals surface area contributed by atoms with E-state index < -0.39 is 35.6 Å². The van der Waals surface area contributed by atoms with Crippen LogP contribution in [0.5, 0.6) is 0 Å². The number of amides is 4. The molecule has 2 aliphatic heterocycles. The summed E-state index contributed by atoms with van der Waals surface area (Å²) in [6.07, 6.45) is 1.30. The van der Waals surface area contributed by atoms with Crippen LogP contribution in [0, 0.1) is 0 Å². The van der Waals surface area contributed by atoms with Crippen molar-refractivity contribution in [1.82, 2.24) is 10.2 Å². The number of carboxylic acid groups (broad SMARTS) is 1. The van der Waals surface area contributed by atoms with Gasteiger partial charge in [-0.1, -0.05) is 12.1 Å². The van der Waals surface area contributed by atoms with Gasteiger partial charge in [0.1, 0.15) is 6.04 Å². The van der Waals surface area contributed by atoms with Crippen molar-refractivity contribution in [3.63, 3.8) is 0 Å². The quantitative estimate of drug-likeness (QED) is 0.290. The number of nitrogens with one attached hydrogen (secondary N) is 1. The molecule has 0 spiro atoms. The summed E-state index contributed by atoms with van der Waals surface area (Å²) in [6.45, 7) is 1.99. The van der Waals surface area contributed by atoms with E-state index in [1.165, 1.54) is 0 Å². The fraction of sp³-hybridized carbons (Fsp3) is 0.522. The molecule has 184 valence electrons. The number of carbonyl (C=O) groups is 5. The molecule has 0 saturated carbocycles. The number of aryl methyl sites for hydroxylation is 1. The molecule has 2 aliphatic rings. The number of nitrogens with zero attached hydrogens (tertiary/aromatic N) is 1. The zero-order valence-electron chi connectivity index (χ0n) is 18.7. The van der Waals surface area contributed by atoms with Crippen molar-refractivity contribution >= 4 is 29.6 Å². The van der Waals surface area contributed by atoms with Gasteiger partial charge in [-0.25, -0.2) is 0 Å². The molecular weight excluding hydrogens is 448 g/mol. The summed E-state index contributed by atoms with van der Waals surface area (Å²) in [7, 11) is 0. The summed E-state index contributed by atoms with van der Waals surface area (Å²) in [6, 6.07) is 4.08. The van der Waals surface area contributed by atoms with Crippen LogP contribution in [0.25, 0.3) is 0 Å². The molecule has 1 aromatic carbocycles. The van der Waals surface area contributed by atoms with Crippen molar-refractivity contribution in [2.45, 2.75) is 38.1 Å². The van der Waals surface area contributed by atoms with Crippen LogP contribution in [0.4, 0.5) is 0 Å². The van der Waals surface area contributed by atoms with E-state index in [4.69, 9.17) is 19.3 Å². The number of hydrogen-bond donors (Lipinski definition) is 2. The van der Waals surface area contributed by atoms with Gasteiger partial charge in [-0.2, -0.15) is 0 Å². The van der Waals surface area contributed by atoms with E-state index in [1.807, 2.05) is 0 Å². The van der Waals surface area contributed by atoms with Crippen LogP contribution < -0.4 is 5.32 Å². The molecule has 4 amide bonds. The second-order valence-electron chi connectivity index (χ2n) is 7.87. The molecule has 11 heteroatoms. The van der Waals surface area contributed by atoms with Gasteiger partial charge in [-0.05, 0) is 30.9 Å². The van der Waals surface area contributed by atoms with E-state index in [0.29, 0.717) is 57.0 Å². The molecule has 2 N–H and O–H groups in total. The molecule has 1 unspecified atom stereocenters. The number of fused-ring (bicyclic) bond motifs is 1. The Labute approximate surface area is 196 Å². The van der Waals surface area contributed by atoms with Gasteiger partial charge in [0.25, 0.3) is 11.8 Å². The van der Waals surface area contributed by atoms with Crippen LogP contribution in [0.15, 0.2) is 18.2 Å². The van der Waals surface area contributed by atoms with Gasteiger partial charge in [0.15, 0.2) is 0 Å². The Hall–Kier alpha value is -3.15. The first kappa shape index (κ1) is 25.5. The van der Waals surface area contributed by atoms with Gasteiger partial charge in [0.05, 0.1) is 50.6 Å². The molecule has 34 heavy (non-hydrogen) atoms. The predicted octanol–water partition coefficient (Wildman–Crippen LogP) is 0.545. The number of aliphatic carboxylic acids is 1. The third kappa shape index (κ3) is 6.46. The third-order valence-corrected chi connectivity index (χ3v) is 5.49. The van der Waals surface area contributed by atoms with Crippen molar-refractivity contribution in [1.29, 1.82) is 0 Å². The summed E-state index contributed by atoms with van der Waals surface area (Å²) >= 11 is 0. The Morgan fingerprint density at radius 3 is 2.32 bits per heavy atom. The number of imide groups is 2. The van der Waals surface area contributed by atoms with E-state index >= 15 is 0 Å². The van der Waals surface area contributed by atoms with Gasteiger partial charge in [0, 0.05) is 13.0 Å². The first-order chi connectivity index (χ1) is 16.4. The largest absolute Gasteiger partial charge is 0.481 e. The maximum atomic E-state index is 13.0. The van der Waals surface area contributed by atoms with Gasteiger partial charge in [0.2, 0.25) is 11.8 Å². The van der Waals surface area contributed by atoms with Crippen LogP contribution >= 0.6 is 0 Å². The Balaban J connectivity index is 1.40. The Bertz CT molecular complexity index is 946.